The van der Waals surface area contributed by atoms with Crippen molar-refractivity contribution in [2.24, 2.45) is 0 Å². The zero-order chi connectivity index (χ0) is 47.4. The Morgan fingerprint density at radius 1 is 0.618 bits per heavy atom. The summed E-state index contributed by atoms with van der Waals surface area (Å²) >= 11 is 0. The fourth-order valence-corrected chi connectivity index (χ4v) is 7.96. The summed E-state index contributed by atoms with van der Waals surface area (Å²) in [5.74, 6) is 2.10. The highest BCUT2D eigenvalue weighted by Crippen LogP contribution is 2.37. The van der Waals surface area contributed by atoms with Crippen molar-refractivity contribution < 1.29 is 8.83 Å². The van der Waals surface area contributed by atoms with Crippen LogP contribution in [0.5, 0.6) is 0 Å². The van der Waals surface area contributed by atoms with Gasteiger partial charge in [-0.25, -0.2) is 9.97 Å². The van der Waals surface area contributed by atoms with E-state index in [1.54, 1.807) is 12.2 Å². The van der Waals surface area contributed by atoms with Gasteiger partial charge in [0, 0.05) is 46.1 Å². The summed E-state index contributed by atoms with van der Waals surface area (Å²) in [7, 11) is 0. The van der Waals surface area contributed by atoms with E-state index in [9.17, 15) is 0 Å². The summed E-state index contributed by atoms with van der Waals surface area (Å²) in [6, 6.07) is 52.1. The van der Waals surface area contributed by atoms with Crippen molar-refractivity contribution in [1.29, 1.82) is 0 Å². The molecule has 2 heterocycles. The topological polar surface area (TPSA) is 58.5 Å². The van der Waals surface area contributed by atoms with Crippen LogP contribution in [0, 0.1) is 6.92 Å². The van der Waals surface area contributed by atoms with Crippen LogP contribution in [0.25, 0.3) is 50.9 Å². The molecule has 68 heavy (non-hydrogen) atoms. The maximum atomic E-state index is 6.00. The van der Waals surface area contributed by atoms with E-state index in [0.717, 1.165) is 95.7 Å². The quantitative estimate of drug-likeness (QED) is 0.0800. The second-order valence-electron chi connectivity index (χ2n) is 16.0. The van der Waals surface area contributed by atoms with Gasteiger partial charge in [0.05, 0.1) is 5.69 Å². The normalized spacial score (nSPS) is 12.0. The van der Waals surface area contributed by atoms with E-state index in [4.69, 9.17) is 8.83 Å². The van der Waals surface area contributed by atoms with Crippen LogP contribution in [-0.4, -0.2) is 9.97 Å². The number of aryl methyl sites for hydroxylation is 1. The number of hydrogen-bond donors (Lipinski definition) is 0. The zero-order valence-electron chi connectivity index (χ0n) is 38.8. The summed E-state index contributed by atoms with van der Waals surface area (Å²) in [6.07, 6.45) is 20.2. The third-order valence-electron chi connectivity index (χ3n) is 11.5. The Morgan fingerprint density at radius 2 is 1.22 bits per heavy atom. The summed E-state index contributed by atoms with van der Waals surface area (Å²) in [6.45, 7) is 23.0. The molecule has 0 bridgehead atoms. The van der Waals surface area contributed by atoms with Crippen LogP contribution in [0.2, 0.25) is 0 Å². The van der Waals surface area contributed by atoms with Gasteiger partial charge < -0.3 is 18.6 Å². The molecule has 0 aliphatic heterocycles. The first-order chi connectivity index (χ1) is 33.3. The van der Waals surface area contributed by atoms with E-state index in [-0.39, 0.29) is 0 Å². The molecule has 0 atom stereocenters. The van der Waals surface area contributed by atoms with E-state index in [1.165, 1.54) is 0 Å². The molecule has 0 aliphatic rings. The number of nitrogens with zero attached hydrogens (tertiary/aromatic N) is 4. The first-order valence-corrected chi connectivity index (χ1v) is 22.6. The molecule has 0 saturated heterocycles. The average Bonchev–Trinajstić information content (AvgIpc) is 3.98. The van der Waals surface area contributed by atoms with Gasteiger partial charge in [-0.05, 0) is 151 Å². The molecule has 0 amide bonds. The number of rotatable bonds is 18. The number of allylic oxidation sites excluding steroid dienone is 11. The van der Waals surface area contributed by atoms with Crippen LogP contribution < -0.4 is 9.80 Å². The second-order valence-corrected chi connectivity index (χ2v) is 16.0. The molecule has 0 radical (unpaired) electrons. The number of hydrogen-bond acceptors (Lipinski definition) is 6. The van der Waals surface area contributed by atoms with E-state index >= 15 is 0 Å². The van der Waals surface area contributed by atoms with Gasteiger partial charge in [0.1, 0.15) is 11.3 Å². The first kappa shape index (κ1) is 45.8. The van der Waals surface area contributed by atoms with Crippen molar-refractivity contribution in [1.82, 2.24) is 9.97 Å². The summed E-state index contributed by atoms with van der Waals surface area (Å²) in [5.41, 5.74) is 15.3. The molecule has 0 aliphatic carbocycles. The zero-order valence-corrected chi connectivity index (χ0v) is 38.8. The number of para-hydroxylation sites is 3. The van der Waals surface area contributed by atoms with Gasteiger partial charge in [0.15, 0.2) is 11.5 Å². The van der Waals surface area contributed by atoms with Gasteiger partial charge in [-0.15, -0.1) is 0 Å². The van der Waals surface area contributed by atoms with Gasteiger partial charge in [-0.1, -0.05) is 142 Å². The monoisotopic (exact) mass is 886 g/mol. The van der Waals surface area contributed by atoms with Crippen LogP contribution in [0.4, 0.5) is 22.7 Å². The minimum absolute atomic E-state index is 0.599. The van der Waals surface area contributed by atoms with E-state index in [2.05, 4.69) is 186 Å². The van der Waals surface area contributed by atoms with Gasteiger partial charge in [0.25, 0.3) is 0 Å². The van der Waals surface area contributed by atoms with Crippen molar-refractivity contribution in [3.8, 4) is 22.6 Å². The molecule has 0 spiro atoms. The predicted octanol–water partition coefficient (Wildman–Crippen LogP) is 17.0. The van der Waals surface area contributed by atoms with Crippen LogP contribution >= 0.6 is 0 Å². The molecule has 6 nitrogen and oxygen atoms in total. The number of oxazole rings is 2. The lowest BCUT2D eigenvalue weighted by molar-refractivity contribution is 0.500. The molecule has 0 unspecified atom stereocenters. The third kappa shape index (κ3) is 10.5. The number of benzene rings is 6. The lowest BCUT2D eigenvalue weighted by Gasteiger charge is -2.27. The lowest BCUT2D eigenvalue weighted by Crippen LogP contribution is -2.19. The Morgan fingerprint density at radius 3 is 1.87 bits per heavy atom. The molecule has 0 saturated carbocycles. The van der Waals surface area contributed by atoms with Crippen LogP contribution in [0.15, 0.2) is 253 Å². The smallest absolute Gasteiger partial charge is 0.227 e. The van der Waals surface area contributed by atoms with Gasteiger partial charge >= 0.3 is 0 Å². The highest BCUT2D eigenvalue weighted by Gasteiger charge is 2.16. The number of fused-ring (bicyclic) bond motifs is 1. The SMILES string of the molecule is C=C/C=C(\C=C)N(C(=C)/C=C\C(=C)c1ccc(N(c2ccccc2)c2ccc(-c3ccc(-c4nc5ccccc5o4)cc3)cc2)cc1)c1ccc(C(/C=C\Cc2nc(C)c(/C=C\C)o2)=C/C)cc1. The fraction of sp³-hybridized carbons (Fsp3) is 0.0645. The van der Waals surface area contributed by atoms with Crippen LogP contribution in [0.1, 0.15) is 42.3 Å². The maximum Gasteiger partial charge on any atom is 0.227 e. The Hall–Kier alpha value is -8.74. The van der Waals surface area contributed by atoms with E-state index < -0.39 is 0 Å². The first-order valence-electron chi connectivity index (χ1n) is 22.6. The van der Waals surface area contributed by atoms with Crippen molar-refractivity contribution in [2.75, 3.05) is 9.80 Å². The molecule has 8 aromatic rings. The fourth-order valence-electron chi connectivity index (χ4n) is 7.96. The molecular formula is C62H54N4O2. The van der Waals surface area contributed by atoms with E-state index in [0.29, 0.717) is 18.2 Å². The number of anilines is 4. The molecule has 334 valence electrons. The van der Waals surface area contributed by atoms with Crippen LogP contribution in [-0.2, 0) is 6.42 Å². The summed E-state index contributed by atoms with van der Waals surface area (Å²) in [5, 5.41) is 0. The molecule has 6 heteroatoms. The second kappa shape index (κ2) is 21.5. The summed E-state index contributed by atoms with van der Waals surface area (Å²) < 4.78 is 11.9. The Kier molecular flexibility index (Phi) is 14.5. The Labute approximate surface area is 400 Å². The molecule has 0 N–H and O–H groups in total. The highest BCUT2D eigenvalue weighted by atomic mass is 16.4. The van der Waals surface area contributed by atoms with E-state index in [1.807, 2.05) is 81.5 Å². The predicted molar refractivity (Wildman–Crippen MR) is 287 cm³/mol. The largest absolute Gasteiger partial charge is 0.441 e. The Bertz CT molecular complexity index is 3180. The summed E-state index contributed by atoms with van der Waals surface area (Å²) in [4.78, 5) is 13.5. The Balaban J connectivity index is 0.963. The van der Waals surface area contributed by atoms with Crippen molar-refractivity contribution in [2.45, 2.75) is 27.2 Å². The lowest BCUT2D eigenvalue weighted by atomic mass is 10.0. The number of aromatic nitrogens is 2. The van der Waals surface area contributed by atoms with Crippen LogP contribution in [0.3, 0.4) is 0 Å². The minimum Gasteiger partial charge on any atom is -0.441 e. The van der Waals surface area contributed by atoms with Crippen molar-refractivity contribution in [3.63, 3.8) is 0 Å². The molecule has 8 rings (SSSR count). The standard InChI is InChI=1S/C62H54N4O2/c1-8-18-53(11-4)65(55-40-34-49(35-41-55)47(10-3)20-17-25-61-63-46(7)59(67-61)19-9-2)45(6)27-26-44(5)48-32-38-56(39-33-48)66(54-21-13-12-14-22-54)57-42-36-51(37-43-57)50-28-30-52(31-29-50)62-64-58-23-15-16-24-60(58)68-62/h8-24,26-43H,1,4-6,25H2,2-3,7H3/b19-9-,20-17-,27-26-,47-10+,53-18+. The highest BCUT2D eigenvalue weighted by molar-refractivity contribution is 5.82. The van der Waals surface area contributed by atoms with Gasteiger partial charge in [-0.2, -0.15) is 0 Å². The molecule has 0 fully saturated rings. The third-order valence-corrected chi connectivity index (χ3v) is 11.5. The minimum atomic E-state index is 0.599. The van der Waals surface area contributed by atoms with Crippen molar-refractivity contribution >= 4 is 51.1 Å². The molecular weight excluding hydrogens is 833 g/mol. The molecule has 2 aromatic heterocycles. The van der Waals surface area contributed by atoms with Gasteiger partial charge in [0.2, 0.25) is 5.89 Å². The van der Waals surface area contributed by atoms with Gasteiger partial charge in [-0.3, -0.25) is 0 Å². The van der Waals surface area contributed by atoms with Crippen molar-refractivity contribution in [3.05, 3.63) is 273 Å². The average molecular weight is 887 g/mol. The maximum absolute atomic E-state index is 6.00. The molecule has 6 aromatic carbocycles.